The van der Waals surface area contributed by atoms with Crippen LogP contribution in [0.15, 0.2) is 48.5 Å². The lowest BCUT2D eigenvalue weighted by Gasteiger charge is -2.37. The first-order valence-corrected chi connectivity index (χ1v) is 13.8. The second kappa shape index (κ2) is 8.70. The third-order valence-corrected chi connectivity index (χ3v) is 9.13. The second-order valence-corrected chi connectivity index (χ2v) is 11.2. The van der Waals surface area contributed by atoms with E-state index in [1.54, 1.807) is 0 Å². The molecule has 3 amide bonds. The molecule has 1 spiro atoms. The highest BCUT2D eigenvalue weighted by atomic mass is 16.2. The number of aromatic amines is 1. The van der Waals surface area contributed by atoms with Crippen LogP contribution in [0.2, 0.25) is 0 Å². The molecule has 2 N–H and O–H groups in total. The Balaban J connectivity index is 1.25. The van der Waals surface area contributed by atoms with Gasteiger partial charge >= 0.3 is 0 Å². The Labute approximate surface area is 222 Å². The molecule has 4 aliphatic heterocycles. The molecule has 38 heavy (non-hydrogen) atoms. The Bertz CT molecular complexity index is 1460. The number of carbonyl (C=O) groups excluding carboxylic acids is 3. The van der Waals surface area contributed by atoms with Crippen LogP contribution in [0.4, 0.5) is 5.69 Å². The fourth-order valence-corrected chi connectivity index (χ4v) is 7.46. The molecule has 0 unspecified atom stereocenters. The molecule has 3 fully saturated rings. The van der Waals surface area contributed by atoms with Crippen LogP contribution in [0.3, 0.4) is 0 Å². The van der Waals surface area contributed by atoms with Crippen molar-refractivity contribution >= 4 is 34.3 Å². The van der Waals surface area contributed by atoms with Crippen LogP contribution in [0.5, 0.6) is 0 Å². The highest BCUT2D eigenvalue weighted by molar-refractivity contribution is 6.11. The van der Waals surface area contributed by atoms with Crippen molar-refractivity contribution in [1.82, 2.24) is 20.1 Å². The average Bonchev–Trinajstić information content (AvgIpc) is 3.66. The van der Waals surface area contributed by atoms with Gasteiger partial charge in [-0.25, -0.2) is 0 Å². The molecular formula is C30H33N5O3. The number of nitrogens with zero attached hydrogens (tertiary/aromatic N) is 3. The minimum absolute atomic E-state index is 0.0164. The van der Waals surface area contributed by atoms with Crippen molar-refractivity contribution in [3.63, 3.8) is 0 Å². The molecular weight excluding hydrogens is 478 g/mol. The minimum Gasteiger partial charge on any atom is -0.356 e. The third kappa shape index (κ3) is 3.29. The van der Waals surface area contributed by atoms with Crippen LogP contribution in [0.25, 0.3) is 10.9 Å². The van der Waals surface area contributed by atoms with Crippen molar-refractivity contribution in [3.8, 4) is 0 Å². The maximum Gasteiger partial charge on any atom is 0.270 e. The zero-order chi connectivity index (χ0) is 26.0. The average molecular weight is 512 g/mol. The van der Waals surface area contributed by atoms with E-state index < -0.39 is 11.5 Å². The van der Waals surface area contributed by atoms with Crippen LogP contribution in [0, 0.1) is 12.8 Å². The molecule has 7 rings (SSSR count). The lowest BCUT2D eigenvalue weighted by Crippen LogP contribution is -2.57. The van der Waals surface area contributed by atoms with Crippen molar-refractivity contribution < 1.29 is 14.4 Å². The van der Waals surface area contributed by atoms with Crippen molar-refractivity contribution in [3.05, 3.63) is 65.4 Å². The summed E-state index contributed by atoms with van der Waals surface area (Å²) in [5.74, 6) is -0.556. The van der Waals surface area contributed by atoms with Gasteiger partial charge in [-0.05, 0) is 63.4 Å². The lowest BCUT2D eigenvalue weighted by molar-refractivity contribution is -0.139. The Morgan fingerprint density at radius 3 is 2.76 bits per heavy atom. The SMILES string of the molecule is Cc1ccc2[nH]c(C(=O)N3CCCNC(=O)[C@@H]4C[C@@H]5CCCN5[C@@]45C(=O)N(CC3)c3ccccc35)cc2c1. The number of hydrogen-bond donors (Lipinski definition) is 2. The number of para-hydroxylation sites is 1. The van der Waals surface area contributed by atoms with E-state index in [4.69, 9.17) is 0 Å². The van der Waals surface area contributed by atoms with Gasteiger partial charge in [0.15, 0.2) is 0 Å². The summed E-state index contributed by atoms with van der Waals surface area (Å²) in [6.45, 7) is 4.66. The standard InChI is InChI=1S/C30H33N5O3/c1-19-9-10-24-20(16-19)17-25(32-24)28(37)33-12-5-11-31-27(36)23-18-21-6-4-13-35(21)30(23)22-7-2-3-8-26(22)34(15-14-33)29(30)38/h2-3,7-10,16-17,21,23,32H,4-6,11-15,18H2,1H3,(H,31,36)/t21-,23-,30+/m0/s1. The van der Waals surface area contributed by atoms with E-state index in [0.29, 0.717) is 44.7 Å². The number of H-pyrrole nitrogens is 1. The molecule has 0 saturated carbocycles. The summed E-state index contributed by atoms with van der Waals surface area (Å²) in [6, 6.07) is 16.2. The van der Waals surface area contributed by atoms with E-state index in [9.17, 15) is 14.4 Å². The zero-order valence-corrected chi connectivity index (χ0v) is 21.7. The van der Waals surface area contributed by atoms with Gasteiger partial charge in [-0.3, -0.25) is 19.3 Å². The molecule has 3 saturated heterocycles. The summed E-state index contributed by atoms with van der Waals surface area (Å²) in [4.78, 5) is 51.1. The summed E-state index contributed by atoms with van der Waals surface area (Å²) >= 11 is 0. The molecule has 2 aromatic carbocycles. The second-order valence-electron chi connectivity index (χ2n) is 11.2. The smallest absolute Gasteiger partial charge is 0.270 e. The Morgan fingerprint density at radius 2 is 1.87 bits per heavy atom. The maximum atomic E-state index is 14.5. The molecule has 196 valence electrons. The van der Waals surface area contributed by atoms with Gasteiger partial charge in [-0.15, -0.1) is 0 Å². The quantitative estimate of drug-likeness (QED) is 0.525. The number of amides is 3. The van der Waals surface area contributed by atoms with Crippen LogP contribution < -0.4 is 10.2 Å². The van der Waals surface area contributed by atoms with Gasteiger partial charge in [0.05, 0.1) is 5.92 Å². The molecule has 0 aliphatic carbocycles. The predicted octanol–water partition coefficient (Wildman–Crippen LogP) is 3.16. The zero-order valence-electron chi connectivity index (χ0n) is 21.7. The predicted molar refractivity (Wildman–Crippen MR) is 145 cm³/mol. The fourth-order valence-electron chi connectivity index (χ4n) is 7.46. The molecule has 0 radical (unpaired) electrons. The van der Waals surface area contributed by atoms with E-state index in [1.807, 2.05) is 59.2 Å². The van der Waals surface area contributed by atoms with Gasteiger partial charge in [0.25, 0.3) is 11.8 Å². The molecule has 8 heteroatoms. The number of nitrogens with one attached hydrogen (secondary N) is 2. The molecule has 3 aromatic rings. The van der Waals surface area contributed by atoms with Gasteiger partial charge in [0.1, 0.15) is 11.2 Å². The molecule has 8 nitrogen and oxygen atoms in total. The van der Waals surface area contributed by atoms with Crippen molar-refractivity contribution in [2.75, 3.05) is 37.6 Å². The van der Waals surface area contributed by atoms with Crippen LogP contribution in [0.1, 0.15) is 47.3 Å². The number of aryl methyl sites for hydroxylation is 1. The summed E-state index contributed by atoms with van der Waals surface area (Å²) in [5, 5.41) is 4.14. The first kappa shape index (κ1) is 23.5. The Hall–Kier alpha value is -3.65. The third-order valence-electron chi connectivity index (χ3n) is 9.13. The summed E-state index contributed by atoms with van der Waals surface area (Å²) in [7, 11) is 0. The van der Waals surface area contributed by atoms with Gasteiger partial charge in [0, 0.05) is 54.4 Å². The van der Waals surface area contributed by atoms with Crippen molar-refractivity contribution in [2.45, 2.75) is 44.2 Å². The molecule has 3 atom stereocenters. The maximum absolute atomic E-state index is 14.5. The Kier molecular flexibility index (Phi) is 5.37. The van der Waals surface area contributed by atoms with Crippen LogP contribution in [-0.2, 0) is 15.1 Å². The number of hydrogen-bond acceptors (Lipinski definition) is 4. The first-order chi connectivity index (χ1) is 18.5. The molecule has 4 aliphatic rings. The highest BCUT2D eigenvalue weighted by Gasteiger charge is 2.67. The Morgan fingerprint density at radius 1 is 1.00 bits per heavy atom. The summed E-state index contributed by atoms with van der Waals surface area (Å²) in [6.07, 6.45) is 3.44. The number of carbonyl (C=O) groups is 3. The normalized spacial score (nSPS) is 27.5. The van der Waals surface area contributed by atoms with Gasteiger partial charge in [-0.2, -0.15) is 0 Å². The monoisotopic (exact) mass is 511 g/mol. The van der Waals surface area contributed by atoms with Gasteiger partial charge in [-0.1, -0.05) is 29.8 Å². The number of aromatic nitrogens is 1. The molecule has 5 heterocycles. The lowest BCUT2D eigenvalue weighted by atomic mass is 9.78. The largest absolute Gasteiger partial charge is 0.356 e. The number of benzene rings is 2. The van der Waals surface area contributed by atoms with Crippen LogP contribution in [-0.4, -0.2) is 71.3 Å². The van der Waals surface area contributed by atoms with Crippen molar-refractivity contribution in [1.29, 1.82) is 0 Å². The number of rotatable bonds is 1. The van der Waals surface area contributed by atoms with Gasteiger partial charge in [0.2, 0.25) is 5.91 Å². The van der Waals surface area contributed by atoms with Crippen LogP contribution >= 0.6 is 0 Å². The van der Waals surface area contributed by atoms with E-state index in [1.165, 1.54) is 0 Å². The highest BCUT2D eigenvalue weighted by Crippen LogP contribution is 2.57. The van der Waals surface area contributed by atoms with E-state index >= 15 is 0 Å². The summed E-state index contributed by atoms with van der Waals surface area (Å²) in [5.41, 5.74) is 3.47. The number of anilines is 1. The molecule has 2 bridgehead atoms. The topological polar surface area (TPSA) is 88.7 Å². The first-order valence-electron chi connectivity index (χ1n) is 13.8. The van der Waals surface area contributed by atoms with E-state index in [0.717, 1.165) is 47.1 Å². The summed E-state index contributed by atoms with van der Waals surface area (Å²) < 4.78 is 0. The fraction of sp³-hybridized carbons (Fsp3) is 0.433. The van der Waals surface area contributed by atoms with Crippen molar-refractivity contribution in [2.24, 2.45) is 5.92 Å². The van der Waals surface area contributed by atoms with E-state index in [2.05, 4.69) is 21.3 Å². The number of fused-ring (bicyclic) bond motifs is 5. The van der Waals surface area contributed by atoms with Gasteiger partial charge < -0.3 is 20.1 Å². The minimum atomic E-state index is -0.953. The van der Waals surface area contributed by atoms with E-state index in [-0.39, 0.29) is 23.8 Å². The molecule has 1 aromatic heterocycles.